The summed E-state index contributed by atoms with van der Waals surface area (Å²) in [5, 5.41) is 21.0. The number of aliphatic hydroxyl groups excluding tert-OH is 1. The average molecular weight is 461 g/mol. The fourth-order valence-electron chi connectivity index (χ4n) is 4.04. The van der Waals surface area contributed by atoms with Crippen LogP contribution in [0.4, 0.5) is 10.1 Å². The number of carbonyl (C=O) groups excluding carboxylic acids is 2. The smallest absolute Gasteiger partial charge is 0.300 e. The molecule has 0 aromatic heterocycles. The number of anilines is 1. The van der Waals surface area contributed by atoms with E-state index in [1.165, 1.54) is 30.3 Å². The molecule has 1 aliphatic heterocycles. The Morgan fingerprint density at radius 2 is 1.74 bits per heavy atom. The van der Waals surface area contributed by atoms with E-state index >= 15 is 0 Å². The third-order valence-corrected chi connectivity index (χ3v) is 5.55. The summed E-state index contributed by atoms with van der Waals surface area (Å²) in [7, 11) is 0. The van der Waals surface area contributed by atoms with Crippen molar-refractivity contribution in [1.29, 1.82) is 0 Å². The maximum atomic E-state index is 14.0. The second-order valence-electron chi connectivity index (χ2n) is 8.39. The van der Waals surface area contributed by atoms with Gasteiger partial charge in [0.15, 0.2) is 0 Å². The van der Waals surface area contributed by atoms with E-state index in [2.05, 4.69) is 0 Å². The number of amides is 1. The van der Waals surface area contributed by atoms with Crippen molar-refractivity contribution in [1.82, 2.24) is 0 Å². The van der Waals surface area contributed by atoms with Gasteiger partial charge in [-0.05, 0) is 80.4 Å². The maximum Gasteiger partial charge on any atom is 0.300 e. The fourth-order valence-corrected chi connectivity index (χ4v) is 4.04. The van der Waals surface area contributed by atoms with Crippen LogP contribution in [0.1, 0.15) is 36.6 Å². The predicted molar refractivity (Wildman–Crippen MR) is 126 cm³/mol. The lowest BCUT2D eigenvalue weighted by atomic mass is 9.94. The summed E-state index contributed by atoms with van der Waals surface area (Å²) in [6.45, 7) is 5.62. The molecule has 1 heterocycles. The molecule has 1 aliphatic rings. The number of aliphatic hydroxyl groups is 1. The molecule has 3 aromatic rings. The van der Waals surface area contributed by atoms with Gasteiger partial charge in [0.25, 0.3) is 11.7 Å². The summed E-state index contributed by atoms with van der Waals surface area (Å²) >= 11 is 0. The van der Waals surface area contributed by atoms with Gasteiger partial charge in [0.1, 0.15) is 23.1 Å². The van der Waals surface area contributed by atoms with Gasteiger partial charge in [-0.3, -0.25) is 14.5 Å². The molecule has 6 nitrogen and oxygen atoms in total. The second-order valence-corrected chi connectivity index (χ2v) is 8.39. The molecule has 4 rings (SSSR count). The van der Waals surface area contributed by atoms with Crippen molar-refractivity contribution < 1.29 is 28.9 Å². The van der Waals surface area contributed by atoms with E-state index in [4.69, 9.17) is 4.74 Å². The van der Waals surface area contributed by atoms with Crippen LogP contribution in [-0.2, 0) is 9.59 Å². The van der Waals surface area contributed by atoms with Gasteiger partial charge in [-0.1, -0.05) is 18.2 Å². The van der Waals surface area contributed by atoms with Gasteiger partial charge in [0.05, 0.1) is 17.7 Å². The van der Waals surface area contributed by atoms with Crippen molar-refractivity contribution in [3.05, 3.63) is 94.8 Å². The standard InChI is InChI=1S/C27H24FNO5/c1-15(2)34-22-12-9-18(13-16(22)3)25(31)23-24(17-7-10-21(30)11-8-17)29(27(33)26(23)32)20-6-4-5-19(28)14-20/h4-15,24,30-31H,1-3H3/b25-23-. The van der Waals surface area contributed by atoms with E-state index in [9.17, 15) is 24.2 Å². The van der Waals surface area contributed by atoms with E-state index < -0.39 is 23.5 Å². The highest BCUT2D eigenvalue weighted by atomic mass is 19.1. The minimum absolute atomic E-state index is 0.00261. The van der Waals surface area contributed by atoms with E-state index in [0.717, 1.165) is 16.5 Å². The Balaban J connectivity index is 1.89. The van der Waals surface area contributed by atoms with Crippen molar-refractivity contribution in [3.8, 4) is 11.5 Å². The summed E-state index contributed by atoms with van der Waals surface area (Å²) < 4.78 is 19.7. The van der Waals surface area contributed by atoms with Crippen molar-refractivity contribution in [2.45, 2.75) is 32.9 Å². The van der Waals surface area contributed by atoms with Crippen LogP contribution in [0.25, 0.3) is 5.76 Å². The Morgan fingerprint density at radius 1 is 1.03 bits per heavy atom. The highest BCUT2D eigenvalue weighted by Gasteiger charge is 2.47. The van der Waals surface area contributed by atoms with Crippen LogP contribution >= 0.6 is 0 Å². The number of hydrogen-bond donors (Lipinski definition) is 2. The quantitative estimate of drug-likeness (QED) is 0.308. The van der Waals surface area contributed by atoms with Crippen molar-refractivity contribution in [2.75, 3.05) is 4.90 Å². The molecule has 0 radical (unpaired) electrons. The lowest BCUT2D eigenvalue weighted by molar-refractivity contribution is -0.132. The Morgan fingerprint density at radius 3 is 2.35 bits per heavy atom. The number of phenolic OH excluding ortho intramolecular Hbond substituents is 1. The second kappa shape index (κ2) is 9.02. The van der Waals surface area contributed by atoms with Crippen LogP contribution in [0.3, 0.4) is 0 Å². The van der Waals surface area contributed by atoms with Crippen LogP contribution in [0.15, 0.2) is 72.3 Å². The van der Waals surface area contributed by atoms with Crippen molar-refractivity contribution >= 4 is 23.1 Å². The molecule has 0 spiro atoms. The topological polar surface area (TPSA) is 87.1 Å². The molecule has 34 heavy (non-hydrogen) atoms. The number of Topliss-reactive ketones (excluding diaryl/α,β-unsaturated/α-hetero) is 1. The average Bonchev–Trinajstić information content (AvgIpc) is 3.05. The molecule has 0 saturated carbocycles. The Bertz CT molecular complexity index is 1300. The predicted octanol–water partition coefficient (Wildman–Crippen LogP) is 5.25. The lowest BCUT2D eigenvalue weighted by Gasteiger charge is -2.25. The Kier molecular flexibility index (Phi) is 6.11. The number of ether oxygens (including phenoxy) is 1. The zero-order chi connectivity index (χ0) is 24.6. The molecule has 7 heteroatoms. The summed E-state index contributed by atoms with van der Waals surface area (Å²) in [6.07, 6.45) is -0.0377. The Labute approximate surface area is 196 Å². The molecule has 0 aliphatic carbocycles. The third-order valence-electron chi connectivity index (χ3n) is 5.55. The number of carbonyl (C=O) groups is 2. The molecule has 0 bridgehead atoms. The zero-order valence-corrected chi connectivity index (χ0v) is 18.9. The molecule has 1 fully saturated rings. The molecule has 174 valence electrons. The lowest BCUT2D eigenvalue weighted by Crippen LogP contribution is -2.29. The number of aryl methyl sites for hydroxylation is 1. The number of halogens is 1. The number of phenols is 1. The normalized spacial score (nSPS) is 17.4. The number of benzene rings is 3. The van der Waals surface area contributed by atoms with Gasteiger partial charge < -0.3 is 14.9 Å². The highest BCUT2D eigenvalue weighted by molar-refractivity contribution is 6.51. The minimum atomic E-state index is -1.02. The van der Waals surface area contributed by atoms with Crippen LogP contribution in [-0.4, -0.2) is 28.0 Å². The van der Waals surface area contributed by atoms with Gasteiger partial charge >= 0.3 is 0 Å². The van der Waals surface area contributed by atoms with E-state index in [-0.39, 0.29) is 28.9 Å². The molecule has 3 aromatic carbocycles. The number of aromatic hydroxyl groups is 1. The van der Waals surface area contributed by atoms with Crippen LogP contribution in [0, 0.1) is 12.7 Å². The van der Waals surface area contributed by atoms with E-state index in [1.54, 1.807) is 30.3 Å². The molecular formula is C27H24FNO5. The largest absolute Gasteiger partial charge is 0.508 e. The third kappa shape index (κ3) is 4.24. The van der Waals surface area contributed by atoms with Crippen LogP contribution in [0.2, 0.25) is 0 Å². The Hall–Kier alpha value is -4.13. The summed E-state index contributed by atoms with van der Waals surface area (Å²) in [4.78, 5) is 27.4. The van der Waals surface area contributed by atoms with Crippen LogP contribution in [0.5, 0.6) is 11.5 Å². The molecule has 1 atom stereocenters. The van der Waals surface area contributed by atoms with Crippen LogP contribution < -0.4 is 9.64 Å². The summed E-state index contributed by atoms with van der Waals surface area (Å²) in [5.74, 6) is -2.05. The first-order chi connectivity index (χ1) is 16.2. The first-order valence-electron chi connectivity index (χ1n) is 10.8. The van der Waals surface area contributed by atoms with Gasteiger partial charge in [-0.15, -0.1) is 0 Å². The number of rotatable bonds is 5. The van der Waals surface area contributed by atoms with Crippen molar-refractivity contribution in [2.24, 2.45) is 0 Å². The zero-order valence-electron chi connectivity index (χ0n) is 18.9. The highest BCUT2D eigenvalue weighted by Crippen LogP contribution is 2.42. The molecule has 1 unspecified atom stereocenters. The molecular weight excluding hydrogens is 437 g/mol. The summed E-state index contributed by atoms with van der Waals surface area (Å²) in [5.41, 5.74) is 1.61. The van der Waals surface area contributed by atoms with Gasteiger partial charge in [0.2, 0.25) is 0 Å². The number of hydrogen-bond acceptors (Lipinski definition) is 5. The maximum absolute atomic E-state index is 14.0. The number of ketones is 1. The van der Waals surface area contributed by atoms with E-state index in [0.29, 0.717) is 16.9 Å². The first kappa shape index (κ1) is 23.0. The van der Waals surface area contributed by atoms with Gasteiger partial charge in [-0.25, -0.2) is 4.39 Å². The van der Waals surface area contributed by atoms with Crippen molar-refractivity contribution in [3.63, 3.8) is 0 Å². The first-order valence-corrected chi connectivity index (χ1v) is 10.8. The molecule has 2 N–H and O–H groups in total. The van der Waals surface area contributed by atoms with E-state index in [1.807, 2.05) is 20.8 Å². The minimum Gasteiger partial charge on any atom is -0.508 e. The molecule has 1 saturated heterocycles. The molecule has 1 amide bonds. The SMILES string of the molecule is Cc1cc(/C(O)=C2/C(=O)C(=O)N(c3cccc(F)c3)C2c2ccc(O)cc2)ccc1OC(C)C. The summed E-state index contributed by atoms with van der Waals surface area (Å²) in [6, 6.07) is 15.3. The van der Waals surface area contributed by atoms with Gasteiger partial charge in [0, 0.05) is 11.3 Å². The van der Waals surface area contributed by atoms with Gasteiger partial charge in [-0.2, -0.15) is 0 Å². The fraction of sp³-hybridized carbons (Fsp3) is 0.185. The monoisotopic (exact) mass is 461 g/mol. The number of nitrogens with zero attached hydrogens (tertiary/aromatic N) is 1.